The van der Waals surface area contributed by atoms with Gasteiger partial charge in [0, 0.05) is 45.2 Å². The van der Waals surface area contributed by atoms with Gasteiger partial charge in [-0.25, -0.2) is 4.79 Å². The van der Waals surface area contributed by atoms with E-state index in [0.29, 0.717) is 44.7 Å². The van der Waals surface area contributed by atoms with E-state index < -0.39 is 0 Å². The third-order valence-electron chi connectivity index (χ3n) is 5.04. The number of para-hydroxylation sites is 1. The molecule has 3 amide bonds. The van der Waals surface area contributed by atoms with Crippen LogP contribution in [0.2, 0.25) is 0 Å². The van der Waals surface area contributed by atoms with Crippen LogP contribution in [0.5, 0.6) is 0 Å². The summed E-state index contributed by atoms with van der Waals surface area (Å²) >= 11 is 0. The molecule has 2 fully saturated rings. The number of hydrogen-bond acceptors (Lipinski definition) is 4. The smallest absolute Gasteiger partial charge is 0.317 e. The Morgan fingerprint density at radius 2 is 1.92 bits per heavy atom. The van der Waals surface area contributed by atoms with Crippen LogP contribution >= 0.6 is 0 Å². The highest BCUT2D eigenvalue weighted by Gasteiger charge is 2.33. The first kappa shape index (κ1) is 18.1. The van der Waals surface area contributed by atoms with Gasteiger partial charge in [0.25, 0.3) is 0 Å². The standard InChI is InChI=1S/C19H25N5O2/c1-14(2)24-13-16(11-18(24)25)21-19(26)23-9-7-22(8-10-23)17-6-4-3-5-15(17)12-20/h3-6,14,16H,7-11,13H2,1-2H3,(H,21,26)/t16-/m1/s1. The molecule has 2 saturated heterocycles. The molecule has 0 bridgehead atoms. The second-order valence-electron chi connectivity index (χ2n) is 7.09. The predicted molar refractivity (Wildman–Crippen MR) is 98.7 cm³/mol. The number of hydrogen-bond donors (Lipinski definition) is 1. The van der Waals surface area contributed by atoms with E-state index in [2.05, 4.69) is 16.3 Å². The fraction of sp³-hybridized carbons (Fsp3) is 0.526. The predicted octanol–water partition coefficient (Wildman–Crippen LogP) is 1.40. The van der Waals surface area contributed by atoms with Gasteiger partial charge in [0.1, 0.15) is 6.07 Å². The van der Waals surface area contributed by atoms with Crippen molar-refractivity contribution < 1.29 is 9.59 Å². The van der Waals surface area contributed by atoms with Gasteiger partial charge in [0.15, 0.2) is 0 Å². The largest absolute Gasteiger partial charge is 0.367 e. The maximum atomic E-state index is 12.5. The minimum Gasteiger partial charge on any atom is -0.367 e. The maximum absolute atomic E-state index is 12.5. The van der Waals surface area contributed by atoms with Crippen molar-refractivity contribution in [2.75, 3.05) is 37.6 Å². The molecule has 0 aliphatic carbocycles. The molecule has 0 saturated carbocycles. The summed E-state index contributed by atoms with van der Waals surface area (Å²) in [6.07, 6.45) is 0.374. The maximum Gasteiger partial charge on any atom is 0.317 e. The van der Waals surface area contributed by atoms with Gasteiger partial charge in [0.05, 0.1) is 17.3 Å². The number of carbonyl (C=O) groups excluding carboxylic acids is 2. The van der Waals surface area contributed by atoms with E-state index in [1.165, 1.54) is 0 Å². The van der Waals surface area contributed by atoms with Crippen molar-refractivity contribution in [1.82, 2.24) is 15.1 Å². The number of amides is 3. The zero-order valence-electron chi connectivity index (χ0n) is 15.3. The average Bonchev–Trinajstić information content (AvgIpc) is 3.02. The van der Waals surface area contributed by atoms with Crippen LogP contribution in [0.4, 0.5) is 10.5 Å². The molecule has 0 unspecified atom stereocenters. The van der Waals surface area contributed by atoms with Crippen molar-refractivity contribution in [1.29, 1.82) is 5.26 Å². The van der Waals surface area contributed by atoms with Crippen LogP contribution in [-0.4, -0.2) is 66.5 Å². The quantitative estimate of drug-likeness (QED) is 0.889. The molecule has 1 aromatic carbocycles. The lowest BCUT2D eigenvalue weighted by molar-refractivity contribution is -0.129. The number of rotatable bonds is 3. The van der Waals surface area contributed by atoms with E-state index in [4.69, 9.17) is 0 Å². The summed E-state index contributed by atoms with van der Waals surface area (Å²) in [5, 5.41) is 12.2. The molecule has 0 radical (unpaired) electrons. The van der Waals surface area contributed by atoms with E-state index in [9.17, 15) is 14.9 Å². The molecule has 1 atom stereocenters. The van der Waals surface area contributed by atoms with Crippen LogP contribution in [0.3, 0.4) is 0 Å². The summed E-state index contributed by atoms with van der Waals surface area (Å²) < 4.78 is 0. The van der Waals surface area contributed by atoms with Gasteiger partial charge in [-0.2, -0.15) is 5.26 Å². The van der Waals surface area contributed by atoms with Gasteiger partial charge >= 0.3 is 6.03 Å². The van der Waals surface area contributed by atoms with Crippen LogP contribution in [0, 0.1) is 11.3 Å². The molecule has 26 heavy (non-hydrogen) atoms. The fourth-order valence-electron chi connectivity index (χ4n) is 3.59. The summed E-state index contributed by atoms with van der Waals surface area (Å²) in [5.74, 6) is 0.100. The van der Waals surface area contributed by atoms with Gasteiger partial charge in [-0.1, -0.05) is 12.1 Å². The number of nitrogens with one attached hydrogen (secondary N) is 1. The Bertz CT molecular complexity index is 719. The van der Waals surface area contributed by atoms with E-state index in [-0.39, 0.29) is 24.0 Å². The van der Waals surface area contributed by atoms with Crippen molar-refractivity contribution in [2.24, 2.45) is 0 Å². The molecule has 1 aromatic rings. The van der Waals surface area contributed by atoms with Crippen molar-refractivity contribution in [3.63, 3.8) is 0 Å². The normalized spacial score (nSPS) is 20.5. The Morgan fingerprint density at radius 1 is 1.23 bits per heavy atom. The van der Waals surface area contributed by atoms with Crippen LogP contribution in [0.15, 0.2) is 24.3 Å². The molecule has 7 nitrogen and oxygen atoms in total. The molecule has 0 spiro atoms. The SMILES string of the molecule is CC(C)N1C[C@H](NC(=O)N2CCN(c3ccccc3C#N)CC2)CC1=O. The number of likely N-dealkylation sites (tertiary alicyclic amines) is 1. The van der Waals surface area contributed by atoms with Crippen LogP contribution in [-0.2, 0) is 4.79 Å². The van der Waals surface area contributed by atoms with Gasteiger partial charge in [0.2, 0.25) is 5.91 Å². The van der Waals surface area contributed by atoms with Crippen LogP contribution in [0.25, 0.3) is 0 Å². The minimum absolute atomic E-state index is 0.100. The van der Waals surface area contributed by atoms with Gasteiger partial charge in [-0.05, 0) is 26.0 Å². The lowest BCUT2D eigenvalue weighted by Crippen LogP contribution is -2.54. The highest BCUT2D eigenvalue weighted by Crippen LogP contribution is 2.21. The van der Waals surface area contributed by atoms with E-state index in [0.717, 1.165) is 5.69 Å². The van der Waals surface area contributed by atoms with E-state index in [1.807, 2.05) is 43.0 Å². The molecular formula is C19H25N5O2. The topological polar surface area (TPSA) is 79.7 Å². The van der Waals surface area contributed by atoms with Crippen molar-refractivity contribution in [3.05, 3.63) is 29.8 Å². The zero-order chi connectivity index (χ0) is 18.7. The number of piperazine rings is 1. The molecule has 7 heteroatoms. The van der Waals surface area contributed by atoms with E-state index >= 15 is 0 Å². The first-order valence-electron chi connectivity index (χ1n) is 9.08. The van der Waals surface area contributed by atoms with Gasteiger partial charge in [-0.15, -0.1) is 0 Å². The summed E-state index contributed by atoms with van der Waals surface area (Å²) in [6.45, 7) is 7.13. The number of anilines is 1. The molecule has 138 valence electrons. The molecular weight excluding hydrogens is 330 g/mol. The number of nitriles is 1. The number of urea groups is 1. The molecule has 2 heterocycles. The summed E-state index contributed by atoms with van der Waals surface area (Å²) in [6, 6.07) is 9.69. The highest BCUT2D eigenvalue weighted by atomic mass is 16.2. The fourth-order valence-corrected chi connectivity index (χ4v) is 3.59. The minimum atomic E-state index is -0.116. The average molecular weight is 355 g/mol. The Hall–Kier alpha value is -2.75. The van der Waals surface area contributed by atoms with Crippen molar-refractivity contribution >= 4 is 17.6 Å². The lowest BCUT2D eigenvalue weighted by atomic mass is 10.1. The zero-order valence-corrected chi connectivity index (χ0v) is 15.3. The first-order valence-corrected chi connectivity index (χ1v) is 9.08. The number of carbonyl (C=O) groups is 2. The summed E-state index contributed by atoms with van der Waals surface area (Å²) in [5.41, 5.74) is 1.58. The van der Waals surface area contributed by atoms with Crippen molar-refractivity contribution in [2.45, 2.75) is 32.4 Å². The number of nitrogens with zero attached hydrogens (tertiary/aromatic N) is 4. The summed E-state index contributed by atoms with van der Waals surface area (Å²) in [4.78, 5) is 30.2. The van der Waals surface area contributed by atoms with Gasteiger partial charge < -0.3 is 20.0 Å². The molecule has 1 N–H and O–H groups in total. The van der Waals surface area contributed by atoms with Crippen LogP contribution < -0.4 is 10.2 Å². The number of benzene rings is 1. The molecule has 2 aliphatic heterocycles. The van der Waals surface area contributed by atoms with E-state index in [1.54, 1.807) is 4.90 Å². The Kier molecular flexibility index (Phi) is 5.31. The third-order valence-corrected chi connectivity index (χ3v) is 5.04. The second-order valence-corrected chi connectivity index (χ2v) is 7.09. The van der Waals surface area contributed by atoms with Crippen LogP contribution in [0.1, 0.15) is 25.8 Å². The molecule has 0 aromatic heterocycles. The monoisotopic (exact) mass is 355 g/mol. The summed E-state index contributed by atoms with van der Waals surface area (Å²) in [7, 11) is 0. The molecule has 3 rings (SSSR count). The van der Waals surface area contributed by atoms with Crippen molar-refractivity contribution in [3.8, 4) is 6.07 Å². The third kappa shape index (κ3) is 3.74. The highest BCUT2D eigenvalue weighted by molar-refractivity contribution is 5.82. The Balaban J connectivity index is 1.53. The molecule has 2 aliphatic rings. The lowest BCUT2D eigenvalue weighted by Gasteiger charge is -2.36. The Labute approximate surface area is 154 Å². The van der Waals surface area contributed by atoms with Gasteiger partial charge in [-0.3, -0.25) is 4.79 Å². The first-order chi connectivity index (χ1) is 12.5. The second kappa shape index (κ2) is 7.65. The Morgan fingerprint density at radius 3 is 2.54 bits per heavy atom.